The zero-order valence-electron chi connectivity index (χ0n) is 26.9. The molecule has 1 aliphatic carbocycles. The van der Waals surface area contributed by atoms with Crippen LogP contribution in [0.3, 0.4) is 0 Å². The molecule has 0 atom stereocenters. The van der Waals surface area contributed by atoms with E-state index in [1.807, 2.05) is 91.0 Å². The summed E-state index contributed by atoms with van der Waals surface area (Å²) in [5, 5.41) is 9.45. The van der Waals surface area contributed by atoms with Gasteiger partial charge in [-0.1, -0.05) is 98.8 Å². The molecule has 0 fully saturated rings. The topological polar surface area (TPSA) is 68.0 Å². The zero-order valence-corrected chi connectivity index (χ0v) is 26.9. The molecule has 5 heteroatoms. The lowest BCUT2D eigenvalue weighted by Crippen LogP contribution is -2.15. The number of benzene rings is 6. The highest BCUT2D eigenvalue weighted by Gasteiger charge is 2.37. The largest absolute Gasteiger partial charge is 0.450 e. The Morgan fingerprint density at radius 3 is 1.94 bits per heavy atom. The molecule has 232 valence electrons. The quantitative estimate of drug-likeness (QED) is 0.193. The summed E-state index contributed by atoms with van der Waals surface area (Å²) < 4.78 is 13.0. The van der Waals surface area contributed by atoms with Gasteiger partial charge in [0.2, 0.25) is 0 Å². The Kier molecular flexibility index (Phi) is 6.47. The second-order valence-corrected chi connectivity index (χ2v) is 13.0. The predicted octanol–water partition coefficient (Wildman–Crippen LogP) is 11.2. The molecule has 2 aliphatic rings. The summed E-state index contributed by atoms with van der Waals surface area (Å²) in [6.45, 7) is 4.52. The van der Waals surface area contributed by atoms with Crippen LogP contribution in [0.4, 0.5) is 0 Å². The summed E-state index contributed by atoms with van der Waals surface area (Å²) in [5.74, 6) is 3.34. The molecule has 0 saturated carbocycles. The van der Waals surface area contributed by atoms with Crippen LogP contribution in [-0.4, -0.2) is 9.97 Å². The number of fused-ring (bicyclic) bond motifs is 5. The Balaban J connectivity index is 1.12. The Bertz CT molecular complexity index is 2490. The maximum absolute atomic E-state index is 9.45. The van der Waals surface area contributed by atoms with Gasteiger partial charge < -0.3 is 9.47 Å². The Labute approximate surface area is 284 Å². The number of aromatic nitrogens is 2. The fourth-order valence-electron chi connectivity index (χ4n) is 7.02. The highest BCUT2D eigenvalue weighted by molar-refractivity contribution is 5.84. The summed E-state index contributed by atoms with van der Waals surface area (Å²) in [7, 11) is 0. The van der Waals surface area contributed by atoms with Crippen LogP contribution in [0.15, 0.2) is 140 Å². The molecule has 0 N–H and O–H groups in total. The van der Waals surface area contributed by atoms with Crippen molar-refractivity contribution in [3.63, 3.8) is 0 Å². The van der Waals surface area contributed by atoms with Crippen LogP contribution in [0.5, 0.6) is 23.0 Å². The number of nitrogens with zero attached hydrogens (tertiary/aromatic N) is 3. The molecule has 0 bridgehead atoms. The molecule has 1 aromatic heterocycles. The highest BCUT2D eigenvalue weighted by Crippen LogP contribution is 2.55. The minimum absolute atomic E-state index is 0.129. The Hall–Kier alpha value is -6.51. The van der Waals surface area contributed by atoms with Crippen LogP contribution in [0.1, 0.15) is 30.5 Å². The van der Waals surface area contributed by atoms with Gasteiger partial charge in [0.05, 0.1) is 23.0 Å². The van der Waals surface area contributed by atoms with Crippen LogP contribution in [0.25, 0.3) is 56.2 Å². The lowest BCUT2D eigenvalue weighted by atomic mass is 9.82. The maximum atomic E-state index is 9.45. The SMILES string of the molecule is CC1(C)c2ccccc2-c2cc3c(cc21)Oc1ccc(-c2cc(-c4cccc(-c5cccc(C#N)c5)c4)nc(-c4ccccc4)n2)cc1O3. The molecule has 9 rings (SSSR count). The summed E-state index contributed by atoms with van der Waals surface area (Å²) in [5.41, 5.74) is 11.7. The van der Waals surface area contributed by atoms with Gasteiger partial charge in [0.1, 0.15) is 0 Å². The molecule has 2 heterocycles. The van der Waals surface area contributed by atoms with E-state index in [4.69, 9.17) is 19.4 Å². The van der Waals surface area contributed by atoms with Crippen molar-refractivity contribution in [1.29, 1.82) is 5.26 Å². The van der Waals surface area contributed by atoms with Crippen molar-refractivity contribution in [1.82, 2.24) is 9.97 Å². The van der Waals surface area contributed by atoms with Gasteiger partial charge in [-0.25, -0.2) is 9.97 Å². The van der Waals surface area contributed by atoms with Crippen molar-refractivity contribution in [2.75, 3.05) is 0 Å². The van der Waals surface area contributed by atoms with Crippen LogP contribution in [0, 0.1) is 11.3 Å². The molecule has 0 saturated heterocycles. The number of nitriles is 1. The monoisotopic (exact) mass is 631 g/mol. The smallest absolute Gasteiger partial charge is 0.170 e. The first-order valence-corrected chi connectivity index (χ1v) is 16.3. The Morgan fingerprint density at radius 1 is 0.490 bits per heavy atom. The molecular formula is C44H29N3O2. The van der Waals surface area contributed by atoms with E-state index in [0.717, 1.165) is 45.0 Å². The molecule has 5 nitrogen and oxygen atoms in total. The summed E-state index contributed by atoms with van der Waals surface area (Å²) in [6, 6.07) is 48.9. The molecule has 1 aliphatic heterocycles. The number of hydrogen-bond donors (Lipinski definition) is 0. The second-order valence-electron chi connectivity index (χ2n) is 13.0. The molecule has 0 unspecified atom stereocenters. The van der Waals surface area contributed by atoms with E-state index in [-0.39, 0.29) is 5.41 Å². The molecule has 7 aromatic rings. The van der Waals surface area contributed by atoms with Gasteiger partial charge in [-0.15, -0.1) is 0 Å². The molecule has 49 heavy (non-hydrogen) atoms. The van der Waals surface area contributed by atoms with E-state index in [2.05, 4.69) is 68.4 Å². The number of hydrogen-bond acceptors (Lipinski definition) is 5. The second kappa shape index (κ2) is 11.0. The van der Waals surface area contributed by atoms with Crippen molar-refractivity contribution in [3.8, 4) is 85.2 Å². The van der Waals surface area contributed by atoms with E-state index in [0.29, 0.717) is 28.6 Å². The van der Waals surface area contributed by atoms with Gasteiger partial charge in [0.15, 0.2) is 28.8 Å². The molecule has 6 aromatic carbocycles. The summed E-state index contributed by atoms with van der Waals surface area (Å²) >= 11 is 0. The minimum Gasteiger partial charge on any atom is -0.450 e. The third kappa shape index (κ3) is 4.85. The molecule has 0 spiro atoms. The fraction of sp³-hybridized carbons (Fsp3) is 0.0682. The lowest BCUT2D eigenvalue weighted by molar-refractivity contribution is 0.359. The molecular weight excluding hydrogens is 603 g/mol. The van der Waals surface area contributed by atoms with E-state index >= 15 is 0 Å². The van der Waals surface area contributed by atoms with E-state index in [9.17, 15) is 5.26 Å². The molecule has 0 amide bonds. The first-order valence-electron chi connectivity index (χ1n) is 16.3. The van der Waals surface area contributed by atoms with E-state index in [1.165, 1.54) is 22.3 Å². The highest BCUT2D eigenvalue weighted by atomic mass is 16.6. The Morgan fingerprint density at radius 2 is 1.12 bits per heavy atom. The van der Waals surface area contributed by atoms with Crippen LogP contribution in [0.2, 0.25) is 0 Å². The van der Waals surface area contributed by atoms with Gasteiger partial charge >= 0.3 is 0 Å². The maximum Gasteiger partial charge on any atom is 0.170 e. The van der Waals surface area contributed by atoms with Crippen molar-refractivity contribution in [3.05, 3.63) is 156 Å². The van der Waals surface area contributed by atoms with Crippen LogP contribution < -0.4 is 9.47 Å². The minimum atomic E-state index is -0.129. The van der Waals surface area contributed by atoms with Crippen molar-refractivity contribution in [2.45, 2.75) is 19.3 Å². The van der Waals surface area contributed by atoms with Crippen molar-refractivity contribution < 1.29 is 9.47 Å². The van der Waals surface area contributed by atoms with Gasteiger partial charge in [-0.2, -0.15) is 5.26 Å². The average molecular weight is 632 g/mol. The lowest BCUT2D eigenvalue weighted by Gasteiger charge is -2.25. The third-order valence-corrected chi connectivity index (χ3v) is 9.57. The fourth-order valence-corrected chi connectivity index (χ4v) is 7.02. The van der Waals surface area contributed by atoms with Crippen molar-refractivity contribution >= 4 is 0 Å². The normalized spacial score (nSPS) is 13.2. The first-order chi connectivity index (χ1) is 23.9. The number of rotatable bonds is 4. The average Bonchev–Trinajstić information content (AvgIpc) is 3.38. The van der Waals surface area contributed by atoms with E-state index in [1.54, 1.807) is 0 Å². The zero-order chi connectivity index (χ0) is 33.1. The van der Waals surface area contributed by atoms with Gasteiger partial charge in [-0.05, 0) is 88.0 Å². The van der Waals surface area contributed by atoms with E-state index < -0.39 is 0 Å². The van der Waals surface area contributed by atoms with Crippen molar-refractivity contribution in [2.24, 2.45) is 0 Å². The van der Waals surface area contributed by atoms with Crippen LogP contribution in [-0.2, 0) is 5.41 Å². The van der Waals surface area contributed by atoms with Gasteiger partial charge in [-0.3, -0.25) is 0 Å². The van der Waals surface area contributed by atoms with Crippen LogP contribution >= 0.6 is 0 Å². The van der Waals surface area contributed by atoms with Gasteiger partial charge in [0, 0.05) is 22.1 Å². The first kappa shape index (κ1) is 28.7. The standard InChI is InChI=1S/C44H29N3O2/c1-44(2)35-17-7-6-16-33(35)34-23-41-42(24-36(34)44)48-39-19-18-32(22-40(39)49-41)38-25-37(46-43(47-38)28-11-4-3-5-12-28)31-15-9-14-30(21-31)29-13-8-10-27(20-29)26-45/h3-25H,1-2H3. The third-order valence-electron chi connectivity index (χ3n) is 9.57. The van der Waals surface area contributed by atoms with Gasteiger partial charge in [0.25, 0.3) is 0 Å². The summed E-state index contributed by atoms with van der Waals surface area (Å²) in [4.78, 5) is 10.1. The summed E-state index contributed by atoms with van der Waals surface area (Å²) in [6.07, 6.45) is 0. The predicted molar refractivity (Wildman–Crippen MR) is 193 cm³/mol. The molecule has 0 radical (unpaired) electrons. The number of ether oxygens (including phenoxy) is 2.